The van der Waals surface area contributed by atoms with Crippen molar-refractivity contribution in [3.63, 3.8) is 0 Å². The van der Waals surface area contributed by atoms with Crippen molar-refractivity contribution in [2.45, 2.75) is 19.5 Å². The minimum absolute atomic E-state index is 0.138. The molecule has 0 aromatic carbocycles. The molecule has 0 aliphatic rings. The van der Waals surface area contributed by atoms with Crippen molar-refractivity contribution in [2.75, 3.05) is 0 Å². The standard InChI is InChI=1S/C11H12N6OS/c1-7(12)8-5-17(16-14-8)6-10-13-11(18-15-10)9-3-2-4-19-9/h2-5,7H,6,12H2,1H3. The van der Waals surface area contributed by atoms with Gasteiger partial charge in [0.25, 0.3) is 5.89 Å². The van der Waals surface area contributed by atoms with Gasteiger partial charge in [0.15, 0.2) is 5.82 Å². The molecule has 8 heteroatoms. The minimum atomic E-state index is -0.138. The average Bonchev–Trinajstić information content (AvgIpc) is 3.09. The second-order valence-corrected chi connectivity index (χ2v) is 5.07. The molecule has 3 heterocycles. The Kier molecular flexibility index (Phi) is 3.10. The molecule has 98 valence electrons. The topological polar surface area (TPSA) is 95.7 Å². The molecule has 0 aliphatic carbocycles. The highest BCUT2D eigenvalue weighted by Gasteiger charge is 2.11. The Balaban J connectivity index is 1.76. The van der Waals surface area contributed by atoms with Crippen molar-refractivity contribution >= 4 is 11.3 Å². The third kappa shape index (κ3) is 2.54. The fraction of sp³-hybridized carbons (Fsp3) is 0.273. The van der Waals surface area contributed by atoms with Crippen molar-refractivity contribution in [2.24, 2.45) is 5.73 Å². The zero-order valence-electron chi connectivity index (χ0n) is 10.2. The van der Waals surface area contributed by atoms with Gasteiger partial charge in [-0.1, -0.05) is 16.4 Å². The smallest absolute Gasteiger partial charge is 0.268 e. The number of aromatic nitrogens is 5. The molecule has 0 spiro atoms. The highest BCUT2D eigenvalue weighted by atomic mass is 32.1. The van der Waals surface area contributed by atoms with E-state index in [1.165, 1.54) is 0 Å². The summed E-state index contributed by atoms with van der Waals surface area (Å²) in [6.07, 6.45) is 1.78. The zero-order valence-corrected chi connectivity index (χ0v) is 11.0. The molecule has 3 aromatic rings. The maximum absolute atomic E-state index is 5.72. The summed E-state index contributed by atoms with van der Waals surface area (Å²) in [4.78, 5) is 5.27. The summed E-state index contributed by atoms with van der Waals surface area (Å²) in [5.41, 5.74) is 6.46. The van der Waals surface area contributed by atoms with Crippen LogP contribution in [0.2, 0.25) is 0 Å². The van der Waals surface area contributed by atoms with Gasteiger partial charge in [-0.15, -0.1) is 16.4 Å². The van der Waals surface area contributed by atoms with Gasteiger partial charge in [0, 0.05) is 6.04 Å². The molecule has 0 bridgehead atoms. The molecule has 0 saturated carbocycles. The molecule has 2 N–H and O–H groups in total. The lowest BCUT2D eigenvalue weighted by atomic mass is 10.3. The SMILES string of the molecule is CC(N)c1cn(Cc2noc(-c3cccs3)n2)nn1. The molecular weight excluding hydrogens is 264 g/mol. The van der Waals surface area contributed by atoms with Crippen molar-refractivity contribution in [3.05, 3.63) is 35.2 Å². The van der Waals surface area contributed by atoms with E-state index in [0.29, 0.717) is 18.3 Å². The van der Waals surface area contributed by atoms with Gasteiger partial charge in [-0.05, 0) is 18.4 Å². The van der Waals surface area contributed by atoms with Gasteiger partial charge in [-0.2, -0.15) is 4.98 Å². The third-order valence-corrected chi connectivity index (χ3v) is 3.38. The summed E-state index contributed by atoms with van der Waals surface area (Å²) in [6.45, 7) is 2.27. The predicted molar refractivity (Wildman–Crippen MR) is 69.3 cm³/mol. The third-order valence-electron chi connectivity index (χ3n) is 2.53. The van der Waals surface area contributed by atoms with Crippen LogP contribution in [0.1, 0.15) is 24.5 Å². The first-order valence-corrected chi connectivity index (χ1v) is 6.62. The molecule has 0 amide bonds. The predicted octanol–water partition coefficient (Wildman–Crippen LogP) is 1.46. The second-order valence-electron chi connectivity index (χ2n) is 4.12. The van der Waals surface area contributed by atoms with Crippen LogP contribution in [0.3, 0.4) is 0 Å². The Morgan fingerprint density at radius 3 is 3.11 bits per heavy atom. The van der Waals surface area contributed by atoms with E-state index in [4.69, 9.17) is 10.3 Å². The van der Waals surface area contributed by atoms with Gasteiger partial charge in [-0.25, -0.2) is 4.68 Å². The first-order valence-electron chi connectivity index (χ1n) is 5.74. The highest BCUT2D eigenvalue weighted by molar-refractivity contribution is 7.13. The van der Waals surface area contributed by atoms with E-state index in [1.807, 2.05) is 24.4 Å². The van der Waals surface area contributed by atoms with Gasteiger partial charge in [0.1, 0.15) is 6.54 Å². The van der Waals surface area contributed by atoms with Crippen LogP contribution in [0.15, 0.2) is 28.2 Å². The van der Waals surface area contributed by atoms with Gasteiger partial charge in [0.2, 0.25) is 0 Å². The van der Waals surface area contributed by atoms with Crippen LogP contribution >= 0.6 is 11.3 Å². The Morgan fingerprint density at radius 2 is 2.42 bits per heavy atom. The van der Waals surface area contributed by atoms with Crippen molar-refractivity contribution in [1.82, 2.24) is 25.1 Å². The molecule has 1 unspecified atom stereocenters. The lowest BCUT2D eigenvalue weighted by molar-refractivity contribution is 0.419. The van der Waals surface area contributed by atoms with Crippen LogP contribution < -0.4 is 5.73 Å². The lowest BCUT2D eigenvalue weighted by Crippen LogP contribution is -2.05. The van der Waals surface area contributed by atoms with Gasteiger partial charge >= 0.3 is 0 Å². The summed E-state index contributed by atoms with van der Waals surface area (Å²) >= 11 is 1.56. The first kappa shape index (κ1) is 12.0. The number of rotatable bonds is 4. The van der Waals surface area contributed by atoms with Gasteiger partial charge in [0.05, 0.1) is 16.8 Å². The van der Waals surface area contributed by atoms with E-state index in [0.717, 1.165) is 10.6 Å². The van der Waals surface area contributed by atoms with Crippen LogP contribution in [0, 0.1) is 0 Å². The minimum Gasteiger partial charge on any atom is -0.333 e. The maximum atomic E-state index is 5.72. The van der Waals surface area contributed by atoms with E-state index in [9.17, 15) is 0 Å². The van der Waals surface area contributed by atoms with Crippen LogP contribution in [-0.2, 0) is 6.54 Å². The Labute approximate surface area is 113 Å². The van der Waals surface area contributed by atoms with Crippen LogP contribution in [0.4, 0.5) is 0 Å². The van der Waals surface area contributed by atoms with Crippen molar-refractivity contribution < 1.29 is 4.52 Å². The largest absolute Gasteiger partial charge is 0.333 e. The van der Waals surface area contributed by atoms with E-state index in [1.54, 1.807) is 22.2 Å². The molecule has 1 atom stereocenters. The number of nitrogens with two attached hydrogens (primary N) is 1. The Morgan fingerprint density at radius 1 is 1.53 bits per heavy atom. The zero-order chi connectivity index (χ0) is 13.2. The molecule has 0 saturated heterocycles. The van der Waals surface area contributed by atoms with Crippen LogP contribution in [-0.4, -0.2) is 25.1 Å². The van der Waals surface area contributed by atoms with E-state index >= 15 is 0 Å². The molecule has 3 rings (SSSR count). The molecule has 0 aliphatic heterocycles. The first-order chi connectivity index (χ1) is 9.22. The summed E-state index contributed by atoms with van der Waals surface area (Å²) < 4.78 is 6.84. The molecule has 3 aromatic heterocycles. The number of hydrogen-bond donors (Lipinski definition) is 1. The molecule has 0 radical (unpaired) electrons. The monoisotopic (exact) mass is 276 g/mol. The summed E-state index contributed by atoms with van der Waals surface area (Å²) in [5, 5.41) is 13.8. The summed E-state index contributed by atoms with van der Waals surface area (Å²) in [6, 6.07) is 3.74. The highest BCUT2D eigenvalue weighted by Crippen LogP contribution is 2.22. The van der Waals surface area contributed by atoms with Crippen molar-refractivity contribution in [1.29, 1.82) is 0 Å². The second kappa shape index (κ2) is 4.90. The van der Waals surface area contributed by atoms with E-state index in [-0.39, 0.29) is 6.04 Å². The fourth-order valence-electron chi connectivity index (χ4n) is 1.56. The van der Waals surface area contributed by atoms with Gasteiger partial charge in [-0.3, -0.25) is 0 Å². The van der Waals surface area contributed by atoms with E-state index < -0.39 is 0 Å². The van der Waals surface area contributed by atoms with Crippen LogP contribution in [0.25, 0.3) is 10.8 Å². The molecule has 7 nitrogen and oxygen atoms in total. The maximum Gasteiger partial charge on any atom is 0.268 e. The molecule has 0 fully saturated rings. The normalized spacial score (nSPS) is 12.7. The summed E-state index contributed by atoms with van der Waals surface area (Å²) in [7, 11) is 0. The fourth-order valence-corrected chi connectivity index (χ4v) is 2.21. The summed E-state index contributed by atoms with van der Waals surface area (Å²) in [5.74, 6) is 1.09. The van der Waals surface area contributed by atoms with E-state index in [2.05, 4.69) is 20.5 Å². The van der Waals surface area contributed by atoms with Crippen molar-refractivity contribution in [3.8, 4) is 10.8 Å². The van der Waals surface area contributed by atoms with Crippen LogP contribution in [0.5, 0.6) is 0 Å². The quantitative estimate of drug-likeness (QED) is 0.775. The number of thiophene rings is 1. The number of nitrogens with zero attached hydrogens (tertiary/aromatic N) is 5. The molecular formula is C11H12N6OS. The lowest BCUT2D eigenvalue weighted by Gasteiger charge is -1.95. The molecule has 19 heavy (non-hydrogen) atoms. The van der Waals surface area contributed by atoms with Gasteiger partial charge < -0.3 is 10.3 Å². The Bertz CT molecular complexity index is 656. The average molecular weight is 276 g/mol. The Hall–Kier alpha value is -2.06. The number of hydrogen-bond acceptors (Lipinski definition) is 7.